The third-order valence-corrected chi connectivity index (χ3v) is 40.0. The van der Waals surface area contributed by atoms with Gasteiger partial charge in [0.2, 0.25) is 0 Å². The molecule has 0 aliphatic heterocycles. The molecule has 0 radical (unpaired) electrons. The third-order valence-electron chi connectivity index (χ3n) is 10.3. The standard InChI is InChI=1S/C36H78Te/c1-7-13-19-23-25-29-35-37(31-17-11-5,32-18-12-6,33-27-21-15-9-3,34-28-22-16-10-4)36-30-26-24-20-14-8-2/h7-36H2,1-6H3. The van der Waals surface area contributed by atoms with Gasteiger partial charge in [0.1, 0.15) is 0 Å². The van der Waals surface area contributed by atoms with Crippen molar-refractivity contribution < 1.29 is 0 Å². The average Bonchev–Trinajstić information content (AvgIpc) is 2.92. The van der Waals surface area contributed by atoms with Gasteiger partial charge in [-0.1, -0.05) is 0 Å². The molecule has 0 aliphatic rings. The van der Waals surface area contributed by atoms with Crippen LogP contribution in [-0.4, -0.2) is 15.4 Å². The van der Waals surface area contributed by atoms with E-state index in [4.69, 9.17) is 0 Å². The second kappa shape index (κ2) is 22.5. The summed E-state index contributed by atoms with van der Waals surface area (Å²) < 4.78 is 10.4. The van der Waals surface area contributed by atoms with Crippen LogP contribution in [0.15, 0.2) is 0 Å². The summed E-state index contributed by atoms with van der Waals surface area (Å²) in [6, 6.07) is 0. The summed E-state index contributed by atoms with van der Waals surface area (Å²) in [5.74, 6) is 0. The van der Waals surface area contributed by atoms with E-state index in [-0.39, 0.29) is 0 Å². The van der Waals surface area contributed by atoms with Crippen LogP contribution in [0.3, 0.4) is 0 Å². The average molecular weight is 639 g/mol. The molecule has 0 aromatic heterocycles. The van der Waals surface area contributed by atoms with Crippen molar-refractivity contribution >= 4 is 15.4 Å². The van der Waals surface area contributed by atoms with Crippen molar-refractivity contribution in [2.24, 2.45) is 0 Å². The van der Waals surface area contributed by atoms with Crippen molar-refractivity contribution in [3.63, 3.8) is 0 Å². The molecule has 0 fully saturated rings. The molecule has 228 valence electrons. The third kappa shape index (κ3) is 14.8. The number of hydrogen-bond donors (Lipinski definition) is 0. The predicted molar refractivity (Wildman–Crippen MR) is 179 cm³/mol. The van der Waals surface area contributed by atoms with Crippen molar-refractivity contribution in [1.29, 1.82) is 0 Å². The fourth-order valence-electron chi connectivity index (χ4n) is 7.70. The molecule has 0 heterocycles. The molecular weight excluding hydrogens is 560 g/mol. The van der Waals surface area contributed by atoms with Crippen LogP contribution in [-0.2, 0) is 0 Å². The Balaban J connectivity index is 6.28. The minimum atomic E-state index is -3.30. The molecule has 0 N–H and O–H groups in total. The molecule has 0 spiro atoms. The van der Waals surface area contributed by atoms with Crippen LogP contribution >= 0.6 is 0 Å². The maximum atomic E-state index is 2.50. The topological polar surface area (TPSA) is 0 Å². The Morgan fingerprint density at radius 1 is 0.216 bits per heavy atom. The molecule has 37 heavy (non-hydrogen) atoms. The Hall–Kier alpha value is 0.790. The van der Waals surface area contributed by atoms with E-state index >= 15 is 0 Å². The second-order valence-corrected chi connectivity index (χ2v) is 38.1. The fraction of sp³-hybridized carbons (Fsp3) is 1.00. The van der Waals surface area contributed by atoms with E-state index in [1.54, 1.807) is 65.3 Å². The first kappa shape index (κ1) is 37.8. The van der Waals surface area contributed by atoms with Gasteiger partial charge >= 0.3 is 238 Å². The number of unbranched alkanes of at least 4 members (excludes halogenated alkanes) is 18. The first-order chi connectivity index (χ1) is 18.0. The van der Waals surface area contributed by atoms with Crippen LogP contribution in [0.5, 0.6) is 0 Å². The van der Waals surface area contributed by atoms with E-state index in [0.29, 0.717) is 0 Å². The molecular formula is C36H78Te. The van der Waals surface area contributed by atoms with E-state index < -0.39 is 15.4 Å². The maximum absolute atomic E-state index is 3.30. The Labute approximate surface area is 236 Å². The van der Waals surface area contributed by atoms with Crippen LogP contribution in [0.1, 0.15) is 196 Å². The number of rotatable bonds is 30. The van der Waals surface area contributed by atoms with E-state index in [9.17, 15) is 0 Å². The van der Waals surface area contributed by atoms with Gasteiger partial charge in [-0.05, 0) is 0 Å². The summed E-state index contributed by atoms with van der Waals surface area (Å²) in [6.07, 6.45) is 35.7. The second-order valence-electron chi connectivity index (χ2n) is 13.7. The molecule has 0 saturated heterocycles. The summed E-state index contributed by atoms with van der Waals surface area (Å²) in [5.41, 5.74) is 0. The summed E-state index contributed by atoms with van der Waals surface area (Å²) in [4.78, 5) is 0. The van der Waals surface area contributed by atoms with Crippen LogP contribution in [0, 0.1) is 0 Å². The summed E-state index contributed by atoms with van der Waals surface area (Å²) in [6.45, 7) is 14.5. The van der Waals surface area contributed by atoms with Crippen molar-refractivity contribution in [3.8, 4) is 0 Å². The number of hydrogen-bond acceptors (Lipinski definition) is 0. The summed E-state index contributed by atoms with van der Waals surface area (Å²) in [5, 5.41) is 0. The van der Waals surface area contributed by atoms with Gasteiger partial charge in [-0.25, -0.2) is 0 Å². The van der Waals surface area contributed by atoms with Gasteiger partial charge in [-0.3, -0.25) is 0 Å². The molecule has 0 atom stereocenters. The molecule has 0 aliphatic carbocycles. The van der Waals surface area contributed by atoms with E-state index in [2.05, 4.69) is 41.5 Å². The van der Waals surface area contributed by atoms with E-state index in [1.165, 1.54) is 116 Å². The normalized spacial score (nSPS) is 14.1. The molecule has 0 amide bonds. The molecule has 0 unspecified atom stereocenters. The van der Waals surface area contributed by atoms with Gasteiger partial charge in [0, 0.05) is 0 Å². The Morgan fingerprint density at radius 3 is 0.676 bits per heavy atom. The molecule has 0 nitrogen and oxygen atoms in total. The Bertz CT molecular complexity index is 447. The van der Waals surface area contributed by atoms with Gasteiger partial charge in [0.05, 0.1) is 0 Å². The zero-order chi connectivity index (χ0) is 27.6. The zero-order valence-electron chi connectivity index (χ0n) is 27.6. The molecule has 0 saturated carbocycles. The Morgan fingerprint density at radius 2 is 0.405 bits per heavy atom. The monoisotopic (exact) mass is 641 g/mol. The van der Waals surface area contributed by atoms with E-state index in [1.807, 2.05) is 0 Å². The predicted octanol–water partition coefficient (Wildman–Crippen LogP) is 14.8. The molecule has 0 rings (SSSR count). The SMILES string of the molecule is CCCCCCCC[Te](CCCC)(CCCC)(CCCCCC)(CCCCCC)CCCCCCCC. The van der Waals surface area contributed by atoms with Crippen LogP contribution in [0.2, 0.25) is 26.8 Å². The van der Waals surface area contributed by atoms with Crippen molar-refractivity contribution in [3.05, 3.63) is 0 Å². The quantitative estimate of drug-likeness (QED) is 0.0543. The molecule has 0 bridgehead atoms. The molecule has 0 aromatic carbocycles. The van der Waals surface area contributed by atoms with Gasteiger partial charge in [0.25, 0.3) is 0 Å². The van der Waals surface area contributed by atoms with Crippen molar-refractivity contribution in [2.75, 3.05) is 0 Å². The van der Waals surface area contributed by atoms with Gasteiger partial charge < -0.3 is 0 Å². The first-order valence-corrected chi connectivity index (χ1v) is 27.9. The van der Waals surface area contributed by atoms with Crippen LogP contribution < -0.4 is 0 Å². The molecule has 1 heteroatoms. The van der Waals surface area contributed by atoms with Gasteiger partial charge in [0.15, 0.2) is 0 Å². The minimum absolute atomic E-state index is 1.38. The fourth-order valence-corrected chi connectivity index (χ4v) is 37.9. The van der Waals surface area contributed by atoms with Crippen molar-refractivity contribution in [1.82, 2.24) is 0 Å². The van der Waals surface area contributed by atoms with E-state index in [0.717, 1.165) is 0 Å². The molecule has 0 aromatic rings. The first-order valence-electron chi connectivity index (χ1n) is 18.0. The Kier molecular flexibility index (Phi) is 23.0. The zero-order valence-corrected chi connectivity index (χ0v) is 30.0. The summed E-state index contributed by atoms with van der Waals surface area (Å²) >= 11 is -3.30. The van der Waals surface area contributed by atoms with Crippen molar-refractivity contribution in [2.45, 2.75) is 222 Å². The van der Waals surface area contributed by atoms with Crippen LogP contribution in [0.4, 0.5) is 0 Å². The summed E-state index contributed by atoms with van der Waals surface area (Å²) in [7, 11) is 0. The van der Waals surface area contributed by atoms with Gasteiger partial charge in [-0.2, -0.15) is 0 Å². The van der Waals surface area contributed by atoms with Gasteiger partial charge in [-0.15, -0.1) is 0 Å². The van der Waals surface area contributed by atoms with Crippen LogP contribution in [0.25, 0.3) is 0 Å².